The van der Waals surface area contributed by atoms with Gasteiger partial charge in [0.05, 0.1) is 0 Å². The lowest BCUT2D eigenvalue weighted by Gasteiger charge is -1.89. The first kappa shape index (κ1) is 7.43. The molecule has 1 aromatic heterocycles. The van der Waals surface area contributed by atoms with Gasteiger partial charge in [0.1, 0.15) is 25.8 Å². The minimum atomic E-state index is -0.0748. The van der Waals surface area contributed by atoms with Gasteiger partial charge in [0.15, 0.2) is 0 Å². The Hall–Kier alpha value is -1.22. The van der Waals surface area contributed by atoms with Gasteiger partial charge >= 0.3 is 0 Å². The first-order chi connectivity index (χ1) is 5.79. The number of benzene rings is 1. The van der Waals surface area contributed by atoms with Crippen molar-refractivity contribution in [3.63, 3.8) is 0 Å². The van der Waals surface area contributed by atoms with Gasteiger partial charge in [-0.1, -0.05) is 17.6 Å². The number of hydrogen-bond donors (Lipinski definition) is 1. The van der Waals surface area contributed by atoms with E-state index in [1.165, 1.54) is 0 Å². The van der Waals surface area contributed by atoms with Gasteiger partial charge in [-0.15, -0.1) is 0 Å². The quantitative estimate of drug-likeness (QED) is 0.620. The number of aliphatic hydroxyl groups is 1. The van der Waals surface area contributed by atoms with E-state index in [0.717, 1.165) is 11.0 Å². The van der Waals surface area contributed by atoms with Crippen LogP contribution in [0.5, 0.6) is 0 Å². The van der Waals surface area contributed by atoms with E-state index in [4.69, 9.17) is 17.4 Å². The molecule has 0 saturated carbocycles. The van der Waals surface area contributed by atoms with E-state index < -0.39 is 0 Å². The van der Waals surface area contributed by atoms with Crippen molar-refractivity contribution in [2.24, 2.45) is 0 Å². The Morgan fingerprint density at radius 3 is 2.92 bits per heavy atom. The third-order valence-electron chi connectivity index (χ3n) is 1.75. The van der Waals surface area contributed by atoms with Gasteiger partial charge in [-0.3, -0.25) is 0 Å². The van der Waals surface area contributed by atoms with Crippen LogP contribution in [0.15, 0.2) is 28.7 Å². The fourth-order valence-corrected chi connectivity index (χ4v) is 1.18. The fraction of sp³-hybridized carbons (Fsp3) is 0.111. The van der Waals surface area contributed by atoms with Gasteiger partial charge in [0, 0.05) is 5.39 Å². The highest BCUT2D eigenvalue weighted by molar-refractivity contribution is 6.33. The molecule has 2 radical (unpaired) electrons. The maximum absolute atomic E-state index is 8.78. The molecule has 2 nitrogen and oxygen atoms in total. The van der Waals surface area contributed by atoms with Crippen LogP contribution in [-0.2, 0) is 6.61 Å². The highest BCUT2D eigenvalue weighted by Crippen LogP contribution is 2.17. The molecule has 2 aromatic rings. The smallest absolute Gasteiger partial charge is 0.133 e. The molecule has 3 heteroatoms. The number of furan rings is 1. The van der Waals surface area contributed by atoms with Crippen LogP contribution in [-0.4, -0.2) is 13.0 Å². The van der Waals surface area contributed by atoms with Crippen molar-refractivity contribution < 1.29 is 9.52 Å². The summed E-state index contributed by atoms with van der Waals surface area (Å²) in [5, 5.41) is 9.75. The Kier molecular flexibility index (Phi) is 1.66. The molecule has 0 saturated heterocycles. The van der Waals surface area contributed by atoms with Crippen LogP contribution in [0, 0.1) is 0 Å². The average molecular weight is 158 g/mol. The van der Waals surface area contributed by atoms with E-state index in [0.29, 0.717) is 11.2 Å². The Bertz CT molecular complexity index is 406. The van der Waals surface area contributed by atoms with Crippen LogP contribution in [0.2, 0.25) is 0 Å². The summed E-state index contributed by atoms with van der Waals surface area (Å²) in [4.78, 5) is 0. The van der Waals surface area contributed by atoms with Crippen molar-refractivity contribution in [2.45, 2.75) is 6.61 Å². The highest BCUT2D eigenvalue weighted by atomic mass is 16.4. The monoisotopic (exact) mass is 158 g/mol. The van der Waals surface area contributed by atoms with Gasteiger partial charge in [0.25, 0.3) is 0 Å². The van der Waals surface area contributed by atoms with Crippen LogP contribution in [0.3, 0.4) is 0 Å². The number of rotatable bonds is 1. The summed E-state index contributed by atoms with van der Waals surface area (Å²) in [5.74, 6) is 0.565. The Morgan fingerprint density at radius 2 is 2.17 bits per heavy atom. The van der Waals surface area contributed by atoms with Gasteiger partial charge < -0.3 is 9.52 Å². The molecule has 0 amide bonds. The molecule has 0 bridgehead atoms. The zero-order valence-electron chi connectivity index (χ0n) is 6.45. The van der Waals surface area contributed by atoms with Gasteiger partial charge in [-0.25, -0.2) is 0 Å². The molecule has 0 atom stereocenters. The predicted molar refractivity (Wildman–Crippen MR) is 47.5 cm³/mol. The molecule has 2 rings (SSSR count). The summed E-state index contributed by atoms with van der Waals surface area (Å²) in [6, 6.07) is 7.22. The van der Waals surface area contributed by atoms with Crippen molar-refractivity contribution in [3.8, 4) is 0 Å². The van der Waals surface area contributed by atoms with Gasteiger partial charge in [-0.05, 0) is 12.1 Å². The van der Waals surface area contributed by atoms with Crippen LogP contribution in [0.4, 0.5) is 0 Å². The SMILES string of the molecule is [B]c1ccc2cc(CO)oc2c1. The highest BCUT2D eigenvalue weighted by Gasteiger charge is 2.01. The minimum Gasteiger partial charge on any atom is -0.459 e. The van der Waals surface area contributed by atoms with Crippen LogP contribution in [0.1, 0.15) is 5.76 Å². The molecule has 0 aliphatic carbocycles. The third-order valence-corrected chi connectivity index (χ3v) is 1.75. The second kappa shape index (κ2) is 2.68. The van der Waals surface area contributed by atoms with E-state index in [-0.39, 0.29) is 6.61 Å². The zero-order chi connectivity index (χ0) is 8.55. The average Bonchev–Trinajstić information content (AvgIpc) is 2.46. The molecule has 1 aromatic carbocycles. The minimum absolute atomic E-state index is 0.0748. The van der Waals surface area contributed by atoms with Crippen LogP contribution < -0.4 is 5.46 Å². The summed E-state index contributed by atoms with van der Waals surface area (Å²) < 4.78 is 5.27. The Balaban J connectivity index is 2.67. The van der Waals surface area contributed by atoms with Crippen LogP contribution >= 0.6 is 0 Å². The molecule has 0 fully saturated rings. The summed E-state index contributed by atoms with van der Waals surface area (Å²) in [6.07, 6.45) is 0. The van der Waals surface area contributed by atoms with Crippen molar-refractivity contribution in [1.29, 1.82) is 0 Å². The van der Waals surface area contributed by atoms with E-state index >= 15 is 0 Å². The number of hydrogen-bond acceptors (Lipinski definition) is 2. The first-order valence-electron chi connectivity index (χ1n) is 3.68. The predicted octanol–water partition coefficient (Wildman–Crippen LogP) is 0.719. The van der Waals surface area contributed by atoms with E-state index in [1.807, 2.05) is 6.07 Å². The maximum Gasteiger partial charge on any atom is 0.133 e. The van der Waals surface area contributed by atoms with Crippen molar-refractivity contribution >= 4 is 24.3 Å². The first-order valence-corrected chi connectivity index (χ1v) is 3.68. The lowest BCUT2D eigenvalue weighted by atomic mass is 9.96. The molecule has 0 aliphatic heterocycles. The topological polar surface area (TPSA) is 33.4 Å². The summed E-state index contributed by atoms with van der Waals surface area (Å²) in [5.41, 5.74) is 1.39. The maximum atomic E-state index is 8.78. The summed E-state index contributed by atoms with van der Waals surface area (Å²) >= 11 is 0. The third kappa shape index (κ3) is 1.12. The molecule has 58 valence electrons. The lowest BCUT2D eigenvalue weighted by Crippen LogP contribution is -1.98. The molecule has 0 unspecified atom stereocenters. The Morgan fingerprint density at radius 1 is 1.33 bits per heavy atom. The Labute approximate surface area is 71.2 Å². The van der Waals surface area contributed by atoms with Crippen LogP contribution in [0.25, 0.3) is 11.0 Å². The lowest BCUT2D eigenvalue weighted by molar-refractivity contribution is 0.251. The largest absolute Gasteiger partial charge is 0.459 e. The second-order valence-electron chi connectivity index (χ2n) is 2.67. The van der Waals surface area contributed by atoms with Crippen molar-refractivity contribution in [2.75, 3.05) is 0 Å². The molecule has 12 heavy (non-hydrogen) atoms. The molecular weight excluding hydrogens is 151 g/mol. The van der Waals surface area contributed by atoms with Crippen molar-refractivity contribution in [1.82, 2.24) is 0 Å². The van der Waals surface area contributed by atoms with Gasteiger partial charge in [-0.2, -0.15) is 0 Å². The summed E-state index contributed by atoms with van der Waals surface area (Å²) in [6.45, 7) is -0.0748. The normalized spacial score (nSPS) is 10.8. The van der Waals surface area contributed by atoms with Crippen molar-refractivity contribution in [3.05, 3.63) is 30.0 Å². The van der Waals surface area contributed by atoms with Gasteiger partial charge in [0.2, 0.25) is 0 Å². The molecule has 1 N–H and O–H groups in total. The molecule has 0 aliphatic rings. The number of fused-ring (bicyclic) bond motifs is 1. The fourth-order valence-electron chi connectivity index (χ4n) is 1.18. The zero-order valence-corrected chi connectivity index (χ0v) is 6.45. The molecule has 1 heterocycles. The van der Waals surface area contributed by atoms with E-state index in [2.05, 4.69) is 0 Å². The molecule has 0 spiro atoms. The van der Waals surface area contributed by atoms with E-state index in [9.17, 15) is 0 Å². The second-order valence-corrected chi connectivity index (χ2v) is 2.67. The number of aliphatic hydroxyl groups excluding tert-OH is 1. The molecular formula is C9H7BO2. The standard InChI is InChI=1S/C9H7BO2/c10-7-2-1-6-3-8(5-11)12-9(6)4-7/h1-4,11H,5H2. The summed E-state index contributed by atoms with van der Waals surface area (Å²) in [7, 11) is 5.55. The van der Waals surface area contributed by atoms with E-state index in [1.54, 1.807) is 18.2 Å².